The summed E-state index contributed by atoms with van der Waals surface area (Å²) in [5.74, 6) is -0.272. The molecule has 0 aromatic heterocycles. The number of rotatable bonds is 5. The molecule has 2 rings (SSSR count). The quantitative estimate of drug-likeness (QED) is 0.479. The van der Waals surface area contributed by atoms with Crippen molar-refractivity contribution in [2.24, 2.45) is 10.7 Å². The van der Waals surface area contributed by atoms with Crippen molar-refractivity contribution in [2.45, 2.75) is 13.0 Å². The number of anilines is 1. The molecule has 1 aliphatic heterocycles. The second kappa shape index (κ2) is 6.78. The Hall–Kier alpha value is -2.09. The van der Waals surface area contributed by atoms with Gasteiger partial charge < -0.3 is 11.1 Å². The molecule has 0 radical (unpaired) electrons. The van der Waals surface area contributed by atoms with Crippen LogP contribution in [0.3, 0.4) is 0 Å². The Labute approximate surface area is 129 Å². The molecule has 1 aliphatic rings. The topological polar surface area (TPSA) is 87.8 Å². The summed E-state index contributed by atoms with van der Waals surface area (Å²) in [6.07, 6.45) is 2.16. The lowest BCUT2D eigenvalue weighted by Crippen LogP contribution is -2.31. The number of nitrogens with two attached hydrogens (primary N) is 1. The van der Waals surface area contributed by atoms with E-state index in [9.17, 15) is 12.8 Å². The Morgan fingerprint density at radius 2 is 2.32 bits per heavy atom. The van der Waals surface area contributed by atoms with Gasteiger partial charge in [-0.05, 0) is 24.1 Å². The lowest BCUT2D eigenvalue weighted by atomic mass is 10.2. The van der Waals surface area contributed by atoms with Crippen molar-refractivity contribution in [1.29, 1.82) is 0 Å². The molecular weight excluding hydrogens is 307 g/mol. The Bertz CT molecular complexity index is 688. The van der Waals surface area contributed by atoms with Crippen LogP contribution in [0.4, 0.5) is 10.1 Å². The molecule has 1 heterocycles. The van der Waals surface area contributed by atoms with Crippen LogP contribution >= 0.6 is 0 Å². The number of hydrogen-bond acceptors (Lipinski definition) is 3. The van der Waals surface area contributed by atoms with Gasteiger partial charge in [-0.3, -0.25) is 4.31 Å². The smallest absolute Gasteiger partial charge is 0.235 e. The number of nitrogens with zero attached hydrogens (tertiary/aromatic N) is 2. The molecule has 0 spiro atoms. The monoisotopic (exact) mass is 326 g/mol. The third kappa shape index (κ3) is 3.76. The molecule has 6 nitrogen and oxygen atoms in total. The van der Waals surface area contributed by atoms with Crippen molar-refractivity contribution in [3.05, 3.63) is 42.2 Å². The van der Waals surface area contributed by atoms with E-state index in [0.717, 1.165) is 4.31 Å². The molecule has 1 aromatic rings. The number of sulfonamides is 1. The Balaban J connectivity index is 2.12. The zero-order valence-electron chi connectivity index (χ0n) is 12.1. The summed E-state index contributed by atoms with van der Waals surface area (Å²) < 4.78 is 38.9. The molecule has 0 saturated carbocycles. The zero-order valence-corrected chi connectivity index (χ0v) is 12.9. The first kappa shape index (κ1) is 16.3. The fourth-order valence-electron chi connectivity index (χ4n) is 2.17. The molecule has 8 heteroatoms. The second-order valence-corrected chi connectivity index (χ2v) is 6.91. The van der Waals surface area contributed by atoms with E-state index >= 15 is 0 Å². The maximum atomic E-state index is 14.2. The molecule has 1 fully saturated rings. The van der Waals surface area contributed by atoms with E-state index in [2.05, 4.69) is 16.9 Å². The highest BCUT2D eigenvalue weighted by Gasteiger charge is 2.30. The van der Waals surface area contributed by atoms with E-state index in [1.165, 1.54) is 12.1 Å². The zero-order chi connectivity index (χ0) is 16.2. The van der Waals surface area contributed by atoms with Gasteiger partial charge >= 0.3 is 0 Å². The highest BCUT2D eigenvalue weighted by atomic mass is 32.2. The van der Waals surface area contributed by atoms with Gasteiger partial charge in [0.05, 0.1) is 18.0 Å². The summed E-state index contributed by atoms with van der Waals surface area (Å²) in [5, 5.41) is 2.81. The van der Waals surface area contributed by atoms with Crippen LogP contribution in [0.5, 0.6) is 0 Å². The first-order valence-electron chi connectivity index (χ1n) is 6.87. The molecule has 1 aromatic carbocycles. The molecule has 1 saturated heterocycles. The average molecular weight is 326 g/mol. The number of benzene rings is 1. The van der Waals surface area contributed by atoms with Gasteiger partial charge in [0.2, 0.25) is 10.0 Å². The van der Waals surface area contributed by atoms with Gasteiger partial charge in [-0.15, -0.1) is 6.58 Å². The molecule has 0 bridgehead atoms. The Kier molecular flexibility index (Phi) is 5.02. The van der Waals surface area contributed by atoms with Gasteiger partial charge in [-0.1, -0.05) is 12.1 Å². The van der Waals surface area contributed by atoms with Crippen LogP contribution in [-0.2, 0) is 16.6 Å². The van der Waals surface area contributed by atoms with E-state index in [4.69, 9.17) is 5.73 Å². The first-order valence-corrected chi connectivity index (χ1v) is 8.48. The van der Waals surface area contributed by atoms with E-state index in [1.54, 1.807) is 12.1 Å². The van der Waals surface area contributed by atoms with E-state index < -0.39 is 15.8 Å². The van der Waals surface area contributed by atoms with Crippen LogP contribution in [0.15, 0.2) is 35.8 Å². The third-order valence-corrected chi connectivity index (χ3v) is 5.09. The van der Waals surface area contributed by atoms with Crippen molar-refractivity contribution < 1.29 is 12.8 Å². The summed E-state index contributed by atoms with van der Waals surface area (Å²) in [7, 11) is -3.39. The average Bonchev–Trinajstić information content (AvgIpc) is 2.82. The van der Waals surface area contributed by atoms with Crippen molar-refractivity contribution in [3.8, 4) is 0 Å². The Morgan fingerprint density at radius 1 is 1.55 bits per heavy atom. The fraction of sp³-hybridized carbons (Fsp3) is 0.357. The summed E-state index contributed by atoms with van der Waals surface area (Å²) >= 11 is 0. The molecule has 0 aliphatic carbocycles. The number of nitrogens with one attached hydrogen (secondary N) is 1. The van der Waals surface area contributed by atoms with Gasteiger partial charge in [-0.25, -0.2) is 17.8 Å². The number of aliphatic imine (C=N–C) groups is 1. The number of halogens is 1. The highest BCUT2D eigenvalue weighted by molar-refractivity contribution is 7.93. The molecule has 120 valence electrons. The van der Waals surface area contributed by atoms with E-state index in [1.807, 2.05) is 0 Å². The van der Waals surface area contributed by atoms with Gasteiger partial charge in [0.25, 0.3) is 0 Å². The molecule has 3 N–H and O–H groups in total. The molecular formula is C14H19FN4O2S. The number of guanidine groups is 1. The van der Waals surface area contributed by atoms with Gasteiger partial charge in [0, 0.05) is 13.1 Å². The van der Waals surface area contributed by atoms with Crippen molar-refractivity contribution in [3.63, 3.8) is 0 Å². The lowest BCUT2D eigenvalue weighted by molar-refractivity contribution is 0.594. The fourth-order valence-corrected chi connectivity index (χ4v) is 3.74. The maximum Gasteiger partial charge on any atom is 0.235 e. The van der Waals surface area contributed by atoms with Gasteiger partial charge in [0.1, 0.15) is 5.82 Å². The van der Waals surface area contributed by atoms with Crippen LogP contribution in [0.25, 0.3) is 0 Å². The van der Waals surface area contributed by atoms with Crippen LogP contribution in [0.1, 0.15) is 12.0 Å². The maximum absolute atomic E-state index is 14.2. The van der Waals surface area contributed by atoms with Crippen molar-refractivity contribution >= 4 is 21.7 Å². The molecule has 0 atom stereocenters. The summed E-state index contributed by atoms with van der Waals surface area (Å²) in [4.78, 5) is 4.07. The van der Waals surface area contributed by atoms with Gasteiger partial charge in [-0.2, -0.15) is 0 Å². The van der Waals surface area contributed by atoms with Crippen molar-refractivity contribution in [1.82, 2.24) is 5.32 Å². The standard InChI is InChI=1S/C14H19FN4O2S/c1-2-6-17-14(16)18-10-11-4-5-13(12(15)9-11)19-7-3-8-22(19,20)21/h2,4-5,9H,1,3,6-8,10H2,(H3,16,17,18). The first-order chi connectivity index (χ1) is 10.4. The van der Waals surface area contributed by atoms with Crippen LogP contribution in [0.2, 0.25) is 0 Å². The second-order valence-electron chi connectivity index (χ2n) is 4.90. The van der Waals surface area contributed by atoms with E-state index in [-0.39, 0.29) is 23.9 Å². The molecule has 22 heavy (non-hydrogen) atoms. The number of hydrogen-bond donors (Lipinski definition) is 2. The van der Waals surface area contributed by atoms with Crippen LogP contribution in [-0.4, -0.2) is 33.2 Å². The summed E-state index contributed by atoms with van der Waals surface area (Å²) in [6, 6.07) is 4.40. The molecule has 0 amide bonds. The lowest BCUT2D eigenvalue weighted by Gasteiger charge is -2.17. The van der Waals surface area contributed by atoms with Crippen LogP contribution in [0, 0.1) is 5.82 Å². The summed E-state index contributed by atoms with van der Waals surface area (Å²) in [6.45, 7) is 4.56. The normalized spacial score (nSPS) is 17.5. The predicted octanol–water partition coefficient (Wildman–Crippen LogP) is 0.956. The predicted molar refractivity (Wildman–Crippen MR) is 85.7 cm³/mol. The minimum atomic E-state index is -3.39. The van der Waals surface area contributed by atoms with Crippen LogP contribution < -0.4 is 15.4 Å². The van der Waals surface area contributed by atoms with Gasteiger partial charge in [0.15, 0.2) is 5.96 Å². The SMILES string of the molecule is C=CCNC(N)=NCc1ccc(N2CCCS2(=O)=O)c(F)c1. The Morgan fingerprint density at radius 3 is 2.91 bits per heavy atom. The van der Waals surface area contributed by atoms with Crippen molar-refractivity contribution in [2.75, 3.05) is 23.1 Å². The molecule has 0 unspecified atom stereocenters. The third-order valence-electron chi connectivity index (χ3n) is 3.24. The summed E-state index contributed by atoms with van der Waals surface area (Å²) in [5.41, 5.74) is 6.32. The van der Waals surface area contributed by atoms with E-state index in [0.29, 0.717) is 25.1 Å². The highest BCUT2D eigenvalue weighted by Crippen LogP contribution is 2.27. The minimum Gasteiger partial charge on any atom is -0.370 e. The minimum absolute atomic E-state index is 0.0595. The largest absolute Gasteiger partial charge is 0.370 e.